The maximum atomic E-state index is 12.6. The minimum atomic E-state index is -0.197. The van der Waals surface area contributed by atoms with E-state index in [0.717, 1.165) is 19.3 Å². The number of hydrogen-bond donors (Lipinski definition) is 2. The van der Waals surface area contributed by atoms with Crippen LogP contribution in [0, 0.1) is 23.2 Å². The van der Waals surface area contributed by atoms with Gasteiger partial charge in [0, 0.05) is 22.3 Å². The maximum absolute atomic E-state index is 12.6. The van der Waals surface area contributed by atoms with Gasteiger partial charge in [-0.3, -0.25) is 4.79 Å². The van der Waals surface area contributed by atoms with Gasteiger partial charge >= 0.3 is 0 Å². The quantitative estimate of drug-likeness (QED) is 0.695. The van der Waals surface area contributed by atoms with E-state index in [4.69, 9.17) is 21.6 Å². The number of anilines is 1. The van der Waals surface area contributed by atoms with Crippen LogP contribution >= 0.6 is 27.5 Å². The normalized spacial score (nSPS) is 32.0. The number of carbonyl (C=O) groups is 1. The number of fused-ring (bicyclic) bond motifs is 1. The van der Waals surface area contributed by atoms with Crippen LogP contribution in [0.25, 0.3) is 0 Å². The van der Waals surface area contributed by atoms with E-state index in [2.05, 4.69) is 36.5 Å². The van der Waals surface area contributed by atoms with Crippen molar-refractivity contribution < 1.29 is 9.53 Å². The number of ether oxygens (including phenoxy) is 1. The summed E-state index contributed by atoms with van der Waals surface area (Å²) in [7, 11) is 1.45. The largest absolute Gasteiger partial charge is 0.480 e. The highest BCUT2D eigenvalue weighted by Gasteiger charge is 2.43. The standard InChI is InChI=1S/C17H21BrClN5O2/c1-8(22-17-21-7-10(6-20)16(24-17)26-2)11-3-9-4-13(19)12(18)5-14(9)23-15(11)25/h7-9,11-14H,3-5H2,1-2H3,(H,23,25)(H,21,22,24)/t8-,9?,11?,12?,13?,14?/m0/s1. The predicted octanol–water partition coefficient (Wildman–Crippen LogP) is 2.44. The summed E-state index contributed by atoms with van der Waals surface area (Å²) in [4.78, 5) is 21.2. The van der Waals surface area contributed by atoms with Gasteiger partial charge in [-0.15, -0.1) is 11.6 Å². The molecule has 140 valence electrons. The molecule has 9 heteroatoms. The lowest BCUT2D eigenvalue weighted by atomic mass is 9.74. The third-order valence-corrected chi connectivity index (χ3v) is 7.02. The average Bonchev–Trinajstić information content (AvgIpc) is 2.62. The van der Waals surface area contributed by atoms with Crippen molar-refractivity contribution in [1.82, 2.24) is 15.3 Å². The molecule has 5 unspecified atom stereocenters. The molecule has 0 radical (unpaired) electrons. The van der Waals surface area contributed by atoms with Gasteiger partial charge in [-0.05, 0) is 32.1 Å². The van der Waals surface area contributed by atoms with Crippen molar-refractivity contribution in [3.63, 3.8) is 0 Å². The molecule has 3 rings (SSSR count). The zero-order chi connectivity index (χ0) is 18.8. The summed E-state index contributed by atoms with van der Waals surface area (Å²) in [5.41, 5.74) is 0.267. The van der Waals surface area contributed by atoms with Crippen LogP contribution in [0.5, 0.6) is 5.88 Å². The summed E-state index contributed by atoms with van der Waals surface area (Å²) in [6, 6.07) is 1.99. The molecule has 0 aromatic carbocycles. The number of rotatable bonds is 4. The van der Waals surface area contributed by atoms with Crippen LogP contribution in [0.3, 0.4) is 0 Å². The molecule has 0 spiro atoms. The molecule has 2 N–H and O–H groups in total. The molecule has 2 heterocycles. The van der Waals surface area contributed by atoms with Gasteiger partial charge in [0.25, 0.3) is 0 Å². The lowest BCUT2D eigenvalue weighted by Gasteiger charge is -2.44. The van der Waals surface area contributed by atoms with Gasteiger partial charge in [0.2, 0.25) is 17.7 Å². The van der Waals surface area contributed by atoms with Gasteiger partial charge in [-0.25, -0.2) is 4.98 Å². The summed E-state index contributed by atoms with van der Waals surface area (Å²) >= 11 is 10.0. The first-order valence-electron chi connectivity index (χ1n) is 8.59. The van der Waals surface area contributed by atoms with Crippen LogP contribution in [0.4, 0.5) is 5.95 Å². The number of hydrogen-bond acceptors (Lipinski definition) is 6. The van der Waals surface area contributed by atoms with Crippen LogP contribution in [-0.2, 0) is 4.79 Å². The summed E-state index contributed by atoms with van der Waals surface area (Å²) in [5, 5.41) is 15.4. The molecule has 1 saturated heterocycles. The summed E-state index contributed by atoms with van der Waals surface area (Å²) < 4.78 is 5.11. The number of halogens is 2. The molecule has 1 aromatic rings. The van der Waals surface area contributed by atoms with E-state index in [9.17, 15) is 4.79 Å². The molecule has 1 aliphatic heterocycles. The molecule has 1 aliphatic carbocycles. The first-order chi connectivity index (χ1) is 12.4. The van der Waals surface area contributed by atoms with E-state index in [0.29, 0.717) is 11.9 Å². The van der Waals surface area contributed by atoms with Crippen molar-refractivity contribution >= 4 is 39.4 Å². The second-order valence-corrected chi connectivity index (χ2v) is 8.62. The van der Waals surface area contributed by atoms with Crippen molar-refractivity contribution in [2.75, 3.05) is 12.4 Å². The van der Waals surface area contributed by atoms with Crippen molar-refractivity contribution in [3.8, 4) is 11.9 Å². The van der Waals surface area contributed by atoms with Crippen LogP contribution in [0.2, 0.25) is 0 Å². The maximum Gasteiger partial charge on any atom is 0.236 e. The van der Waals surface area contributed by atoms with Crippen molar-refractivity contribution in [2.24, 2.45) is 11.8 Å². The zero-order valence-electron chi connectivity index (χ0n) is 14.6. The first kappa shape index (κ1) is 19.2. The van der Waals surface area contributed by atoms with Crippen molar-refractivity contribution in [2.45, 2.75) is 48.5 Å². The third-order valence-electron chi connectivity index (χ3n) is 5.22. The van der Waals surface area contributed by atoms with Crippen molar-refractivity contribution in [1.29, 1.82) is 5.26 Å². The Kier molecular flexibility index (Phi) is 5.88. The number of alkyl halides is 2. The van der Waals surface area contributed by atoms with Gasteiger partial charge in [-0.2, -0.15) is 10.2 Å². The molecule has 1 aromatic heterocycles. The Morgan fingerprint density at radius 3 is 2.96 bits per heavy atom. The number of nitrogens with zero attached hydrogens (tertiary/aromatic N) is 3. The number of carbonyl (C=O) groups excluding carboxylic acids is 1. The molecule has 6 atom stereocenters. The minimum absolute atomic E-state index is 0.0413. The molecule has 26 heavy (non-hydrogen) atoms. The lowest BCUT2D eigenvalue weighted by molar-refractivity contribution is -0.130. The van der Waals surface area contributed by atoms with E-state index in [1.807, 2.05) is 13.0 Å². The molecule has 2 aliphatic rings. The Bertz CT molecular complexity index is 728. The van der Waals surface area contributed by atoms with E-state index in [1.54, 1.807) is 0 Å². The van der Waals surface area contributed by atoms with Crippen LogP contribution < -0.4 is 15.4 Å². The van der Waals surface area contributed by atoms with Crippen LogP contribution in [0.15, 0.2) is 6.20 Å². The number of amides is 1. The van der Waals surface area contributed by atoms with Gasteiger partial charge in [0.15, 0.2) is 0 Å². The van der Waals surface area contributed by atoms with Gasteiger partial charge < -0.3 is 15.4 Å². The lowest BCUT2D eigenvalue weighted by Crippen LogP contribution is -2.56. The highest BCUT2D eigenvalue weighted by Crippen LogP contribution is 2.39. The Morgan fingerprint density at radius 1 is 1.50 bits per heavy atom. The van der Waals surface area contributed by atoms with E-state index in [1.165, 1.54) is 13.3 Å². The van der Waals surface area contributed by atoms with E-state index in [-0.39, 0.29) is 45.6 Å². The average molecular weight is 443 g/mol. The number of aromatic nitrogens is 2. The fraction of sp³-hybridized carbons (Fsp3) is 0.647. The monoisotopic (exact) mass is 441 g/mol. The summed E-state index contributed by atoms with van der Waals surface area (Å²) in [6.07, 6.45) is 3.93. The second-order valence-electron chi connectivity index (χ2n) is 6.88. The summed E-state index contributed by atoms with van der Waals surface area (Å²) in [5.74, 6) is 0.764. The Balaban J connectivity index is 1.69. The molecule has 7 nitrogen and oxygen atoms in total. The zero-order valence-corrected chi connectivity index (χ0v) is 16.9. The summed E-state index contributed by atoms with van der Waals surface area (Å²) in [6.45, 7) is 1.94. The van der Waals surface area contributed by atoms with Crippen LogP contribution in [0.1, 0.15) is 31.7 Å². The fourth-order valence-corrected chi connectivity index (χ4v) is 4.70. The molecular formula is C17H21BrClN5O2. The molecular weight excluding hydrogens is 422 g/mol. The minimum Gasteiger partial charge on any atom is -0.480 e. The highest BCUT2D eigenvalue weighted by atomic mass is 79.9. The van der Waals surface area contributed by atoms with Crippen molar-refractivity contribution in [3.05, 3.63) is 11.8 Å². The van der Waals surface area contributed by atoms with Gasteiger partial charge in [-0.1, -0.05) is 15.9 Å². The molecule has 0 bridgehead atoms. The molecule has 1 amide bonds. The Labute approximate surface area is 166 Å². The number of methoxy groups -OCH3 is 1. The van der Waals surface area contributed by atoms with Gasteiger partial charge in [0.05, 0.1) is 19.2 Å². The molecule has 1 saturated carbocycles. The highest BCUT2D eigenvalue weighted by molar-refractivity contribution is 9.09. The predicted molar refractivity (Wildman–Crippen MR) is 102 cm³/mol. The Hall–Kier alpha value is -1.59. The van der Waals surface area contributed by atoms with E-state index < -0.39 is 0 Å². The smallest absolute Gasteiger partial charge is 0.236 e. The van der Waals surface area contributed by atoms with Gasteiger partial charge in [0.1, 0.15) is 11.6 Å². The fourth-order valence-electron chi connectivity index (χ4n) is 3.75. The number of nitriles is 1. The van der Waals surface area contributed by atoms with E-state index >= 15 is 0 Å². The number of piperidine rings is 1. The third kappa shape index (κ3) is 3.89. The topological polar surface area (TPSA) is 99.9 Å². The first-order valence-corrected chi connectivity index (χ1v) is 9.94. The Morgan fingerprint density at radius 2 is 2.27 bits per heavy atom. The number of nitrogens with one attached hydrogen (secondary N) is 2. The van der Waals surface area contributed by atoms with Crippen LogP contribution in [-0.4, -0.2) is 45.3 Å². The molecule has 2 fully saturated rings. The SMILES string of the molecule is COc1nc(N[C@@H](C)C2CC3CC(Cl)C(Br)CC3NC2=O)ncc1C#N. The second kappa shape index (κ2) is 7.97.